The number of amides is 1. The van der Waals surface area contributed by atoms with Gasteiger partial charge in [0, 0.05) is 17.5 Å². The lowest BCUT2D eigenvalue weighted by atomic mass is 10.1. The van der Waals surface area contributed by atoms with Gasteiger partial charge in [0.1, 0.15) is 17.4 Å². The second-order valence-electron chi connectivity index (χ2n) is 5.42. The van der Waals surface area contributed by atoms with Crippen LogP contribution >= 0.6 is 0 Å². The van der Waals surface area contributed by atoms with Crippen molar-refractivity contribution in [3.63, 3.8) is 0 Å². The molecule has 0 radical (unpaired) electrons. The monoisotopic (exact) mass is 288 g/mol. The van der Waals surface area contributed by atoms with Crippen LogP contribution in [0.4, 0.5) is 0 Å². The van der Waals surface area contributed by atoms with E-state index in [9.17, 15) is 4.79 Å². The molecule has 1 aromatic heterocycles. The number of hydrogen-bond acceptors (Lipinski definition) is 4. The Balaban J connectivity index is 1.64. The Kier molecular flexibility index (Phi) is 3.94. The normalized spacial score (nSPS) is 21.8. The molecule has 0 saturated carbocycles. The molecule has 5 heteroatoms. The predicted octanol–water partition coefficient (Wildman–Crippen LogP) is 1.86. The zero-order valence-electron chi connectivity index (χ0n) is 12.1. The van der Waals surface area contributed by atoms with Gasteiger partial charge in [0.2, 0.25) is 5.91 Å². The fraction of sp³-hybridized carbons (Fsp3) is 0.438. The molecule has 0 spiro atoms. The summed E-state index contributed by atoms with van der Waals surface area (Å²) < 4.78 is 11.4. The molecule has 1 aliphatic heterocycles. The zero-order chi connectivity index (χ0) is 14.8. The Morgan fingerprint density at radius 3 is 2.90 bits per heavy atom. The number of carbonyl (C=O) groups is 1. The first-order chi connectivity index (χ1) is 10.2. The quantitative estimate of drug-likeness (QED) is 0.900. The van der Waals surface area contributed by atoms with Crippen molar-refractivity contribution in [1.29, 1.82) is 0 Å². The SMILES string of the molecule is Cc1c(CNC(=O)[C@@H]2CC[C@H](CN)O2)oc2ccccc12. The maximum Gasteiger partial charge on any atom is 0.249 e. The van der Waals surface area contributed by atoms with Gasteiger partial charge in [0.25, 0.3) is 0 Å². The van der Waals surface area contributed by atoms with Gasteiger partial charge in [-0.1, -0.05) is 18.2 Å². The van der Waals surface area contributed by atoms with Crippen molar-refractivity contribution in [2.75, 3.05) is 6.54 Å². The van der Waals surface area contributed by atoms with E-state index in [1.165, 1.54) is 0 Å². The summed E-state index contributed by atoms with van der Waals surface area (Å²) in [6.07, 6.45) is 1.20. The second kappa shape index (κ2) is 5.87. The van der Waals surface area contributed by atoms with E-state index in [1.54, 1.807) is 0 Å². The van der Waals surface area contributed by atoms with Crippen molar-refractivity contribution >= 4 is 16.9 Å². The summed E-state index contributed by atoms with van der Waals surface area (Å²) in [4.78, 5) is 12.1. The minimum absolute atomic E-state index is 0.00804. The van der Waals surface area contributed by atoms with Gasteiger partial charge in [-0.25, -0.2) is 0 Å². The van der Waals surface area contributed by atoms with E-state index < -0.39 is 0 Å². The molecule has 1 amide bonds. The molecule has 0 bridgehead atoms. The topological polar surface area (TPSA) is 77.5 Å². The molecule has 112 valence electrons. The van der Waals surface area contributed by atoms with Crippen molar-refractivity contribution in [3.8, 4) is 0 Å². The van der Waals surface area contributed by atoms with E-state index in [-0.39, 0.29) is 18.1 Å². The number of rotatable bonds is 4. The van der Waals surface area contributed by atoms with Gasteiger partial charge >= 0.3 is 0 Å². The van der Waals surface area contributed by atoms with Crippen LogP contribution in [0.5, 0.6) is 0 Å². The number of aryl methyl sites for hydroxylation is 1. The van der Waals surface area contributed by atoms with Gasteiger partial charge in [0.15, 0.2) is 0 Å². The van der Waals surface area contributed by atoms with Crippen LogP contribution in [0.25, 0.3) is 11.0 Å². The molecule has 0 unspecified atom stereocenters. The number of fused-ring (bicyclic) bond motifs is 1. The molecule has 1 saturated heterocycles. The third-order valence-electron chi connectivity index (χ3n) is 4.03. The number of carbonyl (C=O) groups excluding carboxylic acids is 1. The highest BCUT2D eigenvalue weighted by Crippen LogP contribution is 2.25. The summed E-state index contributed by atoms with van der Waals surface area (Å²) in [7, 11) is 0. The Labute approximate surface area is 123 Å². The van der Waals surface area contributed by atoms with E-state index in [4.69, 9.17) is 14.9 Å². The third kappa shape index (κ3) is 2.80. The van der Waals surface area contributed by atoms with E-state index >= 15 is 0 Å². The van der Waals surface area contributed by atoms with Gasteiger partial charge in [0.05, 0.1) is 12.6 Å². The first kappa shape index (κ1) is 14.1. The van der Waals surface area contributed by atoms with Crippen LogP contribution in [0.15, 0.2) is 28.7 Å². The number of furan rings is 1. The highest BCUT2D eigenvalue weighted by Gasteiger charge is 2.29. The van der Waals surface area contributed by atoms with Crippen molar-refractivity contribution in [2.45, 2.75) is 38.5 Å². The molecule has 21 heavy (non-hydrogen) atoms. The summed E-state index contributed by atoms with van der Waals surface area (Å²) in [5.74, 6) is 0.698. The molecular formula is C16H20N2O3. The van der Waals surface area contributed by atoms with Crippen molar-refractivity contribution in [3.05, 3.63) is 35.6 Å². The summed E-state index contributed by atoms with van der Waals surface area (Å²) in [6, 6.07) is 7.87. The predicted molar refractivity (Wildman–Crippen MR) is 79.7 cm³/mol. The fourth-order valence-electron chi connectivity index (χ4n) is 2.75. The molecule has 3 rings (SSSR count). The number of para-hydroxylation sites is 1. The van der Waals surface area contributed by atoms with Crippen LogP contribution in [0.3, 0.4) is 0 Å². The molecule has 2 aromatic rings. The summed E-state index contributed by atoms with van der Waals surface area (Å²) >= 11 is 0. The second-order valence-corrected chi connectivity index (χ2v) is 5.42. The number of benzene rings is 1. The number of ether oxygens (including phenoxy) is 1. The minimum atomic E-state index is -0.386. The Morgan fingerprint density at radius 2 is 2.19 bits per heavy atom. The highest BCUT2D eigenvalue weighted by atomic mass is 16.5. The molecule has 0 aliphatic carbocycles. The van der Waals surface area contributed by atoms with Crippen LogP contribution in [-0.2, 0) is 16.1 Å². The molecule has 3 N–H and O–H groups in total. The van der Waals surface area contributed by atoms with Crippen LogP contribution in [0, 0.1) is 6.92 Å². The number of nitrogens with one attached hydrogen (secondary N) is 1. The lowest BCUT2D eigenvalue weighted by Gasteiger charge is -2.12. The van der Waals surface area contributed by atoms with Crippen molar-refractivity contribution in [1.82, 2.24) is 5.32 Å². The average molecular weight is 288 g/mol. The first-order valence-corrected chi connectivity index (χ1v) is 7.29. The van der Waals surface area contributed by atoms with E-state index in [2.05, 4.69) is 5.32 Å². The van der Waals surface area contributed by atoms with Crippen LogP contribution in [0.1, 0.15) is 24.2 Å². The van der Waals surface area contributed by atoms with E-state index in [0.29, 0.717) is 13.1 Å². The molecular weight excluding hydrogens is 268 g/mol. The first-order valence-electron chi connectivity index (χ1n) is 7.29. The van der Waals surface area contributed by atoms with Crippen molar-refractivity contribution < 1.29 is 13.9 Å². The molecule has 1 aromatic carbocycles. The zero-order valence-corrected chi connectivity index (χ0v) is 12.1. The summed E-state index contributed by atoms with van der Waals surface area (Å²) in [6.45, 7) is 2.85. The standard InChI is InChI=1S/C16H20N2O3/c1-10-12-4-2-3-5-13(12)21-15(10)9-18-16(19)14-7-6-11(8-17)20-14/h2-5,11,14H,6-9,17H2,1H3,(H,18,19)/t11-,14+/m1/s1. The van der Waals surface area contributed by atoms with Gasteiger partial charge in [-0.2, -0.15) is 0 Å². The van der Waals surface area contributed by atoms with Crippen LogP contribution < -0.4 is 11.1 Å². The minimum Gasteiger partial charge on any atom is -0.459 e. The lowest BCUT2D eigenvalue weighted by Crippen LogP contribution is -2.35. The lowest BCUT2D eigenvalue weighted by molar-refractivity contribution is -0.132. The summed E-state index contributed by atoms with van der Waals surface area (Å²) in [5, 5.41) is 3.97. The molecule has 2 atom stereocenters. The maximum absolute atomic E-state index is 12.1. The Bertz CT molecular complexity index is 650. The number of nitrogens with two attached hydrogens (primary N) is 1. The number of hydrogen-bond donors (Lipinski definition) is 2. The Hall–Kier alpha value is -1.85. The van der Waals surface area contributed by atoms with E-state index in [0.717, 1.165) is 35.1 Å². The largest absolute Gasteiger partial charge is 0.459 e. The smallest absolute Gasteiger partial charge is 0.249 e. The third-order valence-corrected chi connectivity index (χ3v) is 4.03. The van der Waals surface area contributed by atoms with Gasteiger partial charge in [-0.05, 0) is 25.8 Å². The molecule has 1 aliphatic rings. The molecule has 1 fully saturated rings. The van der Waals surface area contributed by atoms with Crippen molar-refractivity contribution in [2.24, 2.45) is 5.73 Å². The van der Waals surface area contributed by atoms with Crippen LogP contribution in [-0.4, -0.2) is 24.7 Å². The van der Waals surface area contributed by atoms with E-state index in [1.807, 2.05) is 31.2 Å². The molecule has 2 heterocycles. The van der Waals surface area contributed by atoms with Gasteiger partial charge in [-0.3, -0.25) is 4.79 Å². The highest BCUT2D eigenvalue weighted by molar-refractivity contribution is 5.83. The molecule has 5 nitrogen and oxygen atoms in total. The maximum atomic E-state index is 12.1. The van der Waals surface area contributed by atoms with Crippen LogP contribution in [0.2, 0.25) is 0 Å². The summed E-state index contributed by atoms with van der Waals surface area (Å²) in [5.41, 5.74) is 7.47. The van der Waals surface area contributed by atoms with Gasteiger partial charge in [-0.15, -0.1) is 0 Å². The average Bonchev–Trinajstić information content (AvgIpc) is 3.10. The fourth-order valence-corrected chi connectivity index (χ4v) is 2.75. The Morgan fingerprint density at radius 1 is 1.38 bits per heavy atom. The van der Waals surface area contributed by atoms with Gasteiger partial charge < -0.3 is 20.2 Å².